The molecule has 0 aliphatic heterocycles. The van der Waals surface area contributed by atoms with E-state index >= 15 is 0 Å². The van der Waals surface area contributed by atoms with Crippen molar-refractivity contribution in [3.05, 3.63) is 42.0 Å². The third-order valence-corrected chi connectivity index (χ3v) is 3.26. The summed E-state index contributed by atoms with van der Waals surface area (Å²) in [4.78, 5) is 12.1. The lowest BCUT2D eigenvalue weighted by Gasteiger charge is -2.12. The number of nitrogens with one attached hydrogen (secondary N) is 1. The summed E-state index contributed by atoms with van der Waals surface area (Å²) < 4.78 is 1.84. The fraction of sp³-hybridized carbons (Fsp3) is 0.357. The largest absolute Gasteiger partial charge is 0.399 e. The molecule has 6 heteroatoms. The standard InChI is InChI=1S/C14H19N5O/c1-10(11-4-3-5-12(15)8-11)14(20)16-7-6-13-18-17-9-19(13)2/h3-5,8-10H,6-7,15H2,1-2H3,(H,16,20). The molecule has 0 bridgehead atoms. The molecular formula is C14H19N5O. The van der Waals surface area contributed by atoms with Crippen LogP contribution in [0.2, 0.25) is 0 Å². The second-order valence-corrected chi connectivity index (χ2v) is 4.79. The second kappa shape index (κ2) is 6.18. The molecule has 2 aromatic rings. The van der Waals surface area contributed by atoms with E-state index in [4.69, 9.17) is 5.73 Å². The van der Waals surface area contributed by atoms with Gasteiger partial charge in [0.2, 0.25) is 5.91 Å². The van der Waals surface area contributed by atoms with E-state index < -0.39 is 0 Å². The first kappa shape index (κ1) is 14.0. The van der Waals surface area contributed by atoms with Crippen molar-refractivity contribution >= 4 is 11.6 Å². The van der Waals surface area contributed by atoms with Gasteiger partial charge in [-0.05, 0) is 24.6 Å². The Balaban J connectivity index is 1.87. The van der Waals surface area contributed by atoms with Crippen LogP contribution in [0.5, 0.6) is 0 Å². The van der Waals surface area contributed by atoms with Crippen molar-refractivity contribution in [1.82, 2.24) is 20.1 Å². The SMILES string of the molecule is CC(C(=O)NCCc1nncn1C)c1cccc(N)c1. The molecule has 1 aromatic heterocycles. The number of carbonyl (C=O) groups is 1. The minimum absolute atomic E-state index is 0.0160. The normalized spacial score (nSPS) is 12.1. The predicted molar refractivity (Wildman–Crippen MR) is 77.0 cm³/mol. The molecule has 1 atom stereocenters. The number of nitrogens with two attached hydrogens (primary N) is 1. The van der Waals surface area contributed by atoms with Crippen LogP contribution in [-0.4, -0.2) is 27.2 Å². The van der Waals surface area contributed by atoms with E-state index in [1.807, 2.05) is 42.8 Å². The molecule has 1 aromatic carbocycles. The summed E-state index contributed by atoms with van der Waals surface area (Å²) in [5.74, 6) is 0.609. The van der Waals surface area contributed by atoms with Crippen molar-refractivity contribution in [2.75, 3.05) is 12.3 Å². The van der Waals surface area contributed by atoms with E-state index in [0.717, 1.165) is 11.4 Å². The summed E-state index contributed by atoms with van der Waals surface area (Å²) in [6.45, 7) is 2.41. The summed E-state index contributed by atoms with van der Waals surface area (Å²) >= 11 is 0. The van der Waals surface area contributed by atoms with Gasteiger partial charge in [0.15, 0.2) is 0 Å². The minimum atomic E-state index is -0.224. The van der Waals surface area contributed by atoms with Gasteiger partial charge in [0.05, 0.1) is 5.92 Å². The second-order valence-electron chi connectivity index (χ2n) is 4.79. The highest BCUT2D eigenvalue weighted by molar-refractivity contribution is 5.83. The molecule has 0 aliphatic rings. The van der Waals surface area contributed by atoms with Gasteiger partial charge in [-0.25, -0.2) is 0 Å². The molecule has 6 nitrogen and oxygen atoms in total. The Kier molecular flexibility index (Phi) is 4.34. The van der Waals surface area contributed by atoms with Crippen LogP contribution in [0.1, 0.15) is 24.2 Å². The van der Waals surface area contributed by atoms with Gasteiger partial charge in [0, 0.05) is 25.7 Å². The summed E-state index contributed by atoms with van der Waals surface area (Å²) in [7, 11) is 1.88. The van der Waals surface area contributed by atoms with Crippen molar-refractivity contribution in [3.63, 3.8) is 0 Å². The number of hydrogen-bond donors (Lipinski definition) is 2. The van der Waals surface area contributed by atoms with Gasteiger partial charge in [-0.2, -0.15) is 0 Å². The van der Waals surface area contributed by atoms with E-state index in [1.54, 1.807) is 6.33 Å². The monoisotopic (exact) mass is 273 g/mol. The van der Waals surface area contributed by atoms with Crippen LogP contribution in [0.15, 0.2) is 30.6 Å². The summed E-state index contributed by atoms with van der Waals surface area (Å²) in [6, 6.07) is 7.40. The number of hydrogen-bond acceptors (Lipinski definition) is 4. The van der Waals surface area contributed by atoms with Crippen LogP contribution >= 0.6 is 0 Å². The smallest absolute Gasteiger partial charge is 0.227 e. The van der Waals surface area contributed by atoms with Gasteiger partial charge in [0.25, 0.3) is 0 Å². The van der Waals surface area contributed by atoms with Crippen molar-refractivity contribution in [2.24, 2.45) is 7.05 Å². The molecule has 1 unspecified atom stereocenters. The van der Waals surface area contributed by atoms with Crippen LogP contribution in [0.4, 0.5) is 5.69 Å². The Morgan fingerprint density at radius 3 is 2.95 bits per heavy atom. The Morgan fingerprint density at radius 1 is 1.50 bits per heavy atom. The van der Waals surface area contributed by atoms with E-state index in [-0.39, 0.29) is 11.8 Å². The van der Waals surface area contributed by atoms with Gasteiger partial charge in [-0.15, -0.1) is 10.2 Å². The van der Waals surface area contributed by atoms with Crippen molar-refractivity contribution in [3.8, 4) is 0 Å². The Bertz CT molecular complexity index is 593. The quantitative estimate of drug-likeness (QED) is 0.791. The third-order valence-electron chi connectivity index (χ3n) is 3.26. The number of amides is 1. The molecule has 3 N–H and O–H groups in total. The third kappa shape index (κ3) is 3.34. The molecule has 0 aliphatic carbocycles. The molecule has 0 fully saturated rings. The van der Waals surface area contributed by atoms with Crippen LogP contribution < -0.4 is 11.1 Å². The summed E-state index contributed by atoms with van der Waals surface area (Å²) in [6.07, 6.45) is 2.30. The fourth-order valence-corrected chi connectivity index (χ4v) is 1.96. The Morgan fingerprint density at radius 2 is 2.30 bits per heavy atom. The first-order valence-corrected chi connectivity index (χ1v) is 6.54. The molecule has 0 saturated heterocycles. The van der Waals surface area contributed by atoms with Crippen molar-refractivity contribution in [1.29, 1.82) is 0 Å². The highest BCUT2D eigenvalue weighted by Crippen LogP contribution is 2.17. The highest BCUT2D eigenvalue weighted by atomic mass is 16.1. The Labute approximate surface area is 118 Å². The molecule has 1 amide bonds. The lowest BCUT2D eigenvalue weighted by molar-refractivity contribution is -0.122. The Hall–Kier alpha value is -2.37. The maximum Gasteiger partial charge on any atom is 0.227 e. The maximum absolute atomic E-state index is 12.1. The van der Waals surface area contributed by atoms with E-state index in [1.165, 1.54) is 0 Å². The summed E-state index contributed by atoms with van der Waals surface area (Å²) in [5, 5.41) is 10.7. The van der Waals surface area contributed by atoms with Crippen molar-refractivity contribution < 1.29 is 4.79 Å². The van der Waals surface area contributed by atoms with Gasteiger partial charge in [-0.3, -0.25) is 4.79 Å². The zero-order valence-electron chi connectivity index (χ0n) is 11.7. The number of anilines is 1. The lowest BCUT2D eigenvalue weighted by atomic mass is 10.00. The molecule has 20 heavy (non-hydrogen) atoms. The van der Waals surface area contributed by atoms with E-state index in [9.17, 15) is 4.79 Å². The van der Waals surface area contributed by atoms with Crippen LogP contribution in [0, 0.1) is 0 Å². The molecule has 1 heterocycles. The van der Waals surface area contributed by atoms with Gasteiger partial charge in [-0.1, -0.05) is 12.1 Å². The molecule has 0 saturated carbocycles. The van der Waals surface area contributed by atoms with Crippen LogP contribution in [-0.2, 0) is 18.3 Å². The number of aromatic nitrogens is 3. The zero-order chi connectivity index (χ0) is 14.5. The van der Waals surface area contributed by atoms with Gasteiger partial charge < -0.3 is 15.6 Å². The molecule has 0 radical (unpaired) electrons. The highest BCUT2D eigenvalue weighted by Gasteiger charge is 2.15. The van der Waals surface area contributed by atoms with Crippen LogP contribution in [0.25, 0.3) is 0 Å². The predicted octanol–water partition coefficient (Wildman–Crippen LogP) is 0.860. The average molecular weight is 273 g/mol. The maximum atomic E-state index is 12.1. The summed E-state index contributed by atoms with van der Waals surface area (Å²) in [5.41, 5.74) is 7.31. The topological polar surface area (TPSA) is 85.8 Å². The number of carbonyl (C=O) groups excluding carboxylic acids is 1. The minimum Gasteiger partial charge on any atom is -0.399 e. The van der Waals surface area contributed by atoms with Crippen molar-refractivity contribution in [2.45, 2.75) is 19.3 Å². The molecule has 0 spiro atoms. The number of rotatable bonds is 5. The number of aryl methyl sites for hydroxylation is 1. The number of benzene rings is 1. The fourth-order valence-electron chi connectivity index (χ4n) is 1.96. The van der Waals surface area contributed by atoms with Gasteiger partial charge >= 0.3 is 0 Å². The molecule has 106 valence electrons. The van der Waals surface area contributed by atoms with Gasteiger partial charge in [0.1, 0.15) is 12.2 Å². The molecule has 2 rings (SSSR count). The average Bonchev–Trinajstić information content (AvgIpc) is 2.83. The first-order chi connectivity index (χ1) is 9.58. The van der Waals surface area contributed by atoms with E-state index in [0.29, 0.717) is 18.7 Å². The first-order valence-electron chi connectivity index (χ1n) is 6.54. The number of nitrogen functional groups attached to an aromatic ring is 1. The zero-order valence-corrected chi connectivity index (χ0v) is 11.7. The number of nitrogens with zero attached hydrogens (tertiary/aromatic N) is 3. The molecular weight excluding hydrogens is 254 g/mol. The van der Waals surface area contributed by atoms with E-state index in [2.05, 4.69) is 15.5 Å². The van der Waals surface area contributed by atoms with Crippen LogP contribution in [0.3, 0.4) is 0 Å². The lowest BCUT2D eigenvalue weighted by Crippen LogP contribution is -2.30.